The number of aryl methyl sites for hydroxylation is 2. The fraction of sp³-hybridized carbons (Fsp3) is 0.455. The summed E-state index contributed by atoms with van der Waals surface area (Å²) in [5, 5.41) is 3.94. The van der Waals surface area contributed by atoms with E-state index >= 15 is 0 Å². The lowest BCUT2D eigenvalue weighted by atomic mass is 9.82. The van der Waals surface area contributed by atoms with E-state index in [-0.39, 0.29) is 17.5 Å². The van der Waals surface area contributed by atoms with E-state index in [1.165, 1.54) is 0 Å². The maximum absolute atomic E-state index is 12.5. The molecule has 0 saturated carbocycles. The van der Waals surface area contributed by atoms with Crippen LogP contribution < -0.4 is 9.47 Å². The van der Waals surface area contributed by atoms with E-state index in [9.17, 15) is 4.79 Å². The summed E-state index contributed by atoms with van der Waals surface area (Å²) in [7, 11) is 1.60. The molecule has 1 aromatic carbocycles. The molecule has 0 bridgehead atoms. The highest BCUT2D eigenvalue weighted by Crippen LogP contribution is 2.36. The Bertz CT molecular complexity index is 878. The van der Waals surface area contributed by atoms with Gasteiger partial charge in [0, 0.05) is 17.7 Å². The Morgan fingerprint density at radius 3 is 2.68 bits per heavy atom. The molecule has 0 unspecified atom stereocenters. The van der Waals surface area contributed by atoms with Gasteiger partial charge in [0.15, 0.2) is 11.5 Å². The van der Waals surface area contributed by atoms with Crippen LogP contribution in [-0.4, -0.2) is 34.7 Å². The molecule has 0 N–H and O–H groups in total. The van der Waals surface area contributed by atoms with Gasteiger partial charge in [-0.1, -0.05) is 11.2 Å². The number of amides is 1. The van der Waals surface area contributed by atoms with E-state index in [1.807, 2.05) is 43.0 Å². The summed E-state index contributed by atoms with van der Waals surface area (Å²) >= 11 is 0. The molecular formula is C22H28N2O4. The Morgan fingerprint density at radius 2 is 2.11 bits per heavy atom. The van der Waals surface area contributed by atoms with Gasteiger partial charge >= 0.3 is 0 Å². The van der Waals surface area contributed by atoms with Gasteiger partial charge in [0.05, 0.1) is 18.4 Å². The third-order valence-electron chi connectivity index (χ3n) is 5.28. The van der Waals surface area contributed by atoms with Gasteiger partial charge in [-0.3, -0.25) is 4.79 Å². The zero-order valence-electron chi connectivity index (χ0n) is 17.4. The largest absolute Gasteiger partial charge is 0.493 e. The standard InChI is InChI=1S/C22H28N2O4/c1-14-12-22(4,5)24(14)21(25)10-8-17-7-9-19(20(11-17)26-6)27-13-18-15(2)23-28-16(18)3/h7-11,14H,12-13H2,1-6H3/b10-8+/t14-/m0/s1. The van der Waals surface area contributed by atoms with Crippen LogP contribution in [0, 0.1) is 13.8 Å². The van der Waals surface area contributed by atoms with Gasteiger partial charge in [-0.25, -0.2) is 0 Å². The number of ether oxygens (including phenoxy) is 2. The van der Waals surface area contributed by atoms with Crippen LogP contribution in [-0.2, 0) is 11.4 Å². The third-order valence-corrected chi connectivity index (χ3v) is 5.28. The van der Waals surface area contributed by atoms with Gasteiger partial charge in [-0.15, -0.1) is 0 Å². The number of nitrogens with zero attached hydrogens (tertiary/aromatic N) is 2. The lowest BCUT2D eigenvalue weighted by Gasteiger charge is -2.53. The minimum atomic E-state index is -0.0750. The second-order valence-electron chi connectivity index (χ2n) is 7.91. The predicted octanol–water partition coefficient (Wildman–Crippen LogP) is 4.29. The number of methoxy groups -OCH3 is 1. The molecule has 3 rings (SSSR count). The fourth-order valence-electron chi connectivity index (χ4n) is 3.93. The summed E-state index contributed by atoms with van der Waals surface area (Å²) < 4.78 is 16.5. The second kappa shape index (κ2) is 7.70. The number of hydrogen-bond acceptors (Lipinski definition) is 5. The first-order chi connectivity index (χ1) is 13.2. The van der Waals surface area contributed by atoms with E-state index < -0.39 is 0 Å². The summed E-state index contributed by atoms with van der Waals surface area (Å²) in [5.41, 5.74) is 2.55. The lowest BCUT2D eigenvalue weighted by molar-refractivity contribution is -0.146. The van der Waals surface area contributed by atoms with Gasteiger partial charge in [0.1, 0.15) is 12.4 Å². The molecule has 150 valence electrons. The van der Waals surface area contributed by atoms with Gasteiger partial charge in [0.25, 0.3) is 0 Å². The zero-order chi connectivity index (χ0) is 20.5. The Labute approximate surface area is 166 Å². The second-order valence-corrected chi connectivity index (χ2v) is 7.91. The van der Waals surface area contributed by atoms with Crippen molar-refractivity contribution in [3.8, 4) is 11.5 Å². The average molecular weight is 384 g/mol. The Morgan fingerprint density at radius 1 is 1.36 bits per heavy atom. The predicted molar refractivity (Wildman–Crippen MR) is 107 cm³/mol. The van der Waals surface area contributed by atoms with Crippen molar-refractivity contribution in [2.45, 2.75) is 59.2 Å². The van der Waals surface area contributed by atoms with Crippen LogP contribution in [0.25, 0.3) is 6.08 Å². The summed E-state index contributed by atoms with van der Waals surface area (Å²) in [6.07, 6.45) is 4.46. The smallest absolute Gasteiger partial charge is 0.247 e. The summed E-state index contributed by atoms with van der Waals surface area (Å²) in [6, 6.07) is 5.88. The number of rotatable bonds is 6. The molecular weight excluding hydrogens is 356 g/mol. The molecule has 2 heterocycles. The van der Waals surface area contributed by atoms with E-state index in [4.69, 9.17) is 14.0 Å². The molecule has 1 aliphatic rings. The highest BCUT2D eigenvalue weighted by molar-refractivity contribution is 5.93. The first-order valence-electron chi connectivity index (χ1n) is 9.47. The number of benzene rings is 1. The fourth-order valence-corrected chi connectivity index (χ4v) is 3.93. The SMILES string of the molecule is COc1cc(/C=C/C(=O)N2[C@@H](C)CC2(C)C)ccc1OCc1c(C)noc1C. The molecule has 1 fully saturated rings. The molecule has 1 aromatic heterocycles. The lowest BCUT2D eigenvalue weighted by Crippen LogP contribution is -2.63. The Balaban J connectivity index is 1.70. The van der Waals surface area contributed by atoms with Crippen molar-refractivity contribution in [1.29, 1.82) is 0 Å². The van der Waals surface area contributed by atoms with Crippen LogP contribution in [0.4, 0.5) is 0 Å². The highest BCUT2D eigenvalue weighted by atomic mass is 16.5. The number of carbonyl (C=O) groups excluding carboxylic acids is 1. The van der Waals surface area contributed by atoms with Crippen LogP contribution >= 0.6 is 0 Å². The van der Waals surface area contributed by atoms with Crippen molar-refractivity contribution >= 4 is 12.0 Å². The summed E-state index contributed by atoms with van der Waals surface area (Å²) in [4.78, 5) is 14.4. The molecule has 0 spiro atoms. The summed E-state index contributed by atoms with van der Waals surface area (Å²) in [6.45, 7) is 10.4. The van der Waals surface area contributed by atoms with Gasteiger partial charge in [-0.2, -0.15) is 0 Å². The van der Waals surface area contributed by atoms with Crippen molar-refractivity contribution in [1.82, 2.24) is 10.1 Å². The molecule has 2 aromatic rings. The molecule has 1 saturated heterocycles. The molecule has 1 atom stereocenters. The van der Waals surface area contributed by atoms with E-state index in [2.05, 4.69) is 25.9 Å². The van der Waals surface area contributed by atoms with Crippen LogP contribution in [0.5, 0.6) is 11.5 Å². The first kappa shape index (κ1) is 20.0. The average Bonchev–Trinajstić information content (AvgIpc) is 2.95. The Kier molecular flexibility index (Phi) is 5.49. The van der Waals surface area contributed by atoms with Crippen LogP contribution in [0.2, 0.25) is 0 Å². The topological polar surface area (TPSA) is 64.8 Å². The number of hydrogen-bond donors (Lipinski definition) is 0. The van der Waals surface area contributed by atoms with Crippen molar-refractivity contribution < 1.29 is 18.8 Å². The molecule has 6 heteroatoms. The highest BCUT2D eigenvalue weighted by Gasteiger charge is 2.44. The minimum Gasteiger partial charge on any atom is -0.493 e. The monoisotopic (exact) mass is 384 g/mol. The van der Waals surface area contributed by atoms with Gasteiger partial charge in [0.2, 0.25) is 5.91 Å². The normalized spacial score (nSPS) is 18.2. The Hall–Kier alpha value is -2.76. The van der Waals surface area contributed by atoms with Crippen molar-refractivity contribution in [3.63, 3.8) is 0 Å². The van der Waals surface area contributed by atoms with E-state index in [0.29, 0.717) is 18.1 Å². The number of likely N-dealkylation sites (tertiary alicyclic amines) is 1. The van der Waals surface area contributed by atoms with E-state index in [1.54, 1.807) is 13.2 Å². The minimum absolute atomic E-state index is 0.0291. The quantitative estimate of drug-likeness (QED) is 0.695. The van der Waals surface area contributed by atoms with Crippen molar-refractivity contribution in [2.75, 3.05) is 7.11 Å². The maximum Gasteiger partial charge on any atom is 0.247 e. The van der Waals surface area contributed by atoms with Crippen LogP contribution in [0.3, 0.4) is 0 Å². The molecule has 28 heavy (non-hydrogen) atoms. The molecule has 0 aliphatic carbocycles. The molecule has 0 radical (unpaired) electrons. The molecule has 1 amide bonds. The van der Waals surface area contributed by atoms with E-state index in [0.717, 1.165) is 29.0 Å². The first-order valence-corrected chi connectivity index (χ1v) is 9.47. The maximum atomic E-state index is 12.5. The zero-order valence-corrected chi connectivity index (χ0v) is 17.4. The van der Waals surface area contributed by atoms with Crippen LogP contribution in [0.15, 0.2) is 28.8 Å². The third kappa shape index (κ3) is 3.91. The summed E-state index contributed by atoms with van der Waals surface area (Å²) in [5.74, 6) is 2.02. The van der Waals surface area contributed by atoms with Crippen molar-refractivity contribution in [3.05, 3.63) is 46.9 Å². The number of carbonyl (C=O) groups is 1. The van der Waals surface area contributed by atoms with Gasteiger partial charge in [-0.05, 0) is 64.8 Å². The van der Waals surface area contributed by atoms with Crippen molar-refractivity contribution in [2.24, 2.45) is 0 Å². The van der Waals surface area contributed by atoms with Crippen LogP contribution in [0.1, 0.15) is 49.8 Å². The molecule has 6 nitrogen and oxygen atoms in total. The molecule has 1 aliphatic heterocycles. The van der Waals surface area contributed by atoms with Gasteiger partial charge < -0.3 is 18.9 Å². The number of aromatic nitrogens is 1.